The van der Waals surface area contributed by atoms with Gasteiger partial charge in [-0.3, -0.25) is 0 Å². The first-order valence-electron chi connectivity index (χ1n) is 5.53. The largest absolute Gasteiger partial charge is 0.379 e. The molecule has 0 bridgehead atoms. The minimum Gasteiger partial charge on any atom is -0.379 e. The molecule has 2 N–H and O–H groups in total. The molecular weight excluding hydrogens is 244 g/mol. The quantitative estimate of drug-likeness (QED) is 0.869. The fourth-order valence-corrected chi connectivity index (χ4v) is 3.13. The summed E-state index contributed by atoms with van der Waals surface area (Å²) in [5.74, 6) is 0. The van der Waals surface area contributed by atoms with E-state index < -0.39 is 0 Å². The van der Waals surface area contributed by atoms with Gasteiger partial charge in [-0.2, -0.15) is 0 Å². The molecule has 1 aliphatic rings. The second-order valence-corrected chi connectivity index (χ2v) is 5.69. The van der Waals surface area contributed by atoms with Gasteiger partial charge in [0.15, 0.2) is 0 Å². The number of hydrogen-bond donors (Lipinski definition) is 2. The van der Waals surface area contributed by atoms with Gasteiger partial charge in [-0.1, -0.05) is 11.6 Å². The first-order chi connectivity index (χ1) is 7.79. The number of nitrogens with one attached hydrogen (secondary N) is 2. The molecule has 3 nitrogen and oxygen atoms in total. The van der Waals surface area contributed by atoms with Crippen LogP contribution < -0.4 is 10.6 Å². The summed E-state index contributed by atoms with van der Waals surface area (Å²) in [4.78, 5) is 1.29. The normalized spacial score (nSPS) is 23.2. The Morgan fingerprint density at radius 1 is 1.69 bits per heavy atom. The molecule has 90 valence electrons. The lowest BCUT2D eigenvalue weighted by Gasteiger charge is -2.27. The molecule has 2 heterocycles. The molecule has 0 spiro atoms. The molecule has 0 radical (unpaired) electrons. The lowest BCUT2D eigenvalue weighted by molar-refractivity contribution is 0.0710. The third kappa shape index (κ3) is 3.18. The molecule has 2 atom stereocenters. The summed E-state index contributed by atoms with van der Waals surface area (Å²) in [6, 6.07) is 4.85. The third-order valence-electron chi connectivity index (χ3n) is 2.80. The molecule has 0 saturated carbocycles. The van der Waals surface area contributed by atoms with Gasteiger partial charge in [-0.05, 0) is 25.6 Å². The van der Waals surface area contributed by atoms with E-state index in [1.54, 1.807) is 11.3 Å². The molecule has 0 amide bonds. The summed E-state index contributed by atoms with van der Waals surface area (Å²) in [7, 11) is 1.99. The lowest BCUT2D eigenvalue weighted by Crippen LogP contribution is -2.43. The zero-order valence-electron chi connectivity index (χ0n) is 9.33. The Kier molecular flexibility index (Phi) is 4.61. The maximum Gasteiger partial charge on any atom is 0.0931 e. The molecule has 0 aliphatic carbocycles. The van der Waals surface area contributed by atoms with Crippen molar-refractivity contribution >= 4 is 22.9 Å². The van der Waals surface area contributed by atoms with Gasteiger partial charge >= 0.3 is 0 Å². The summed E-state index contributed by atoms with van der Waals surface area (Å²) in [5, 5.41) is 6.80. The first kappa shape index (κ1) is 12.3. The van der Waals surface area contributed by atoms with Gasteiger partial charge in [0.05, 0.1) is 17.6 Å². The van der Waals surface area contributed by atoms with E-state index in [0.29, 0.717) is 12.1 Å². The van der Waals surface area contributed by atoms with Gasteiger partial charge < -0.3 is 15.4 Å². The van der Waals surface area contributed by atoms with Gasteiger partial charge in [0, 0.05) is 23.5 Å². The Morgan fingerprint density at radius 2 is 2.56 bits per heavy atom. The molecule has 2 rings (SSSR count). The van der Waals surface area contributed by atoms with Gasteiger partial charge in [-0.25, -0.2) is 0 Å². The van der Waals surface area contributed by atoms with E-state index >= 15 is 0 Å². The molecule has 1 aromatic rings. The van der Waals surface area contributed by atoms with Crippen molar-refractivity contribution in [3.63, 3.8) is 0 Å². The minimum absolute atomic E-state index is 0.358. The van der Waals surface area contributed by atoms with Crippen LogP contribution in [0.2, 0.25) is 4.34 Å². The van der Waals surface area contributed by atoms with Crippen LogP contribution >= 0.6 is 22.9 Å². The van der Waals surface area contributed by atoms with Crippen LogP contribution in [-0.4, -0.2) is 32.8 Å². The smallest absolute Gasteiger partial charge is 0.0931 e. The highest BCUT2D eigenvalue weighted by Gasteiger charge is 2.20. The third-order valence-corrected chi connectivity index (χ3v) is 4.15. The Hall–Kier alpha value is -0.130. The molecule has 5 heteroatoms. The summed E-state index contributed by atoms with van der Waals surface area (Å²) < 4.78 is 6.31. The number of morpholine rings is 1. The fraction of sp³-hybridized carbons (Fsp3) is 0.636. The highest BCUT2D eigenvalue weighted by atomic mass is 35.5. The van der Waals surface area contributed by atoms with Crippen LogP contribution in [-0.2, 0) is 4.74 Å². The number of hydrogen-bond acceptors (Lipinski definition) is 4. The topological polar surface area (TPSA) is 33.3 Å². The SMILES string of the molecule is CNC(CC1COCCN1)c1ccc(Cl)s1. The molecule has 1 fully saturated rings. The highest BCUT2D eigenvalue weighted by molar-refractivity contribution is 7.16. The first-order valence-corrected chi connectivity index (χ1v) is 6.72. The number of thiophene rings is 1. The average Bonchev–Trinajstić information content (AvgIpc) is 2.74. The second kappa shape index (κ2) is 5.98. The summed E-state index contributed by atoms with van der Waals surface area (Å²) in [6.45, 7) is 2.58. The molecule has 16 heavy (non-hydrogen) atoms. The van der Waals surface area contributed by atoms with E-state index in [2.05, 4.69) is 16.7 Å². The number of rotatable bonds is 4. The number of ether oxygens (including phenoxy) is 1. The predicted octanol–water partition coefficient (Wildman–Crippen LogP) is 2.04. The van der Waals surface area contributed by atoms with Crippen molar-refractivity contribution in [1.82, 2.24) is 10.6 Å². The zero-order chi connectivity index (χ0) is 11.4. The van der Waals surface area contributed by atoms with Gasteiger partial charge in [-0.15, -0.1) is 11.3 Å². The van der Waals surface area contributed by atoms with E-state index in [-0.39, 0.29) is 0 Å². The van der Waals surface area contributed by atoms with E-state index in [0.717, 1.165) is 30.5 Å². The van der Waals surface area contributed by atoms with Gasteiger partial charge in [0.2, 0.25) is 0 Å². The van der Waals surface area contributed by atoms with Crippen LogP contribution in [0.25, 0.3) is 0 Å². The summed E-state index contributed by atoms with van der Waals surface area (Å²) >= 11 is 7.60. The van der Waals surface area contributed by atoms with Gasteiger partial charge in [0.1, 0.15) is 0 Å². The molecule has 1 aliphatic heterocycles. The monoisotopic (exact) mass is 260 g/mol. The Balaban J connectivity index is 1.94. The van der Waals surface area contributed by atoms with Crippen LogP contribution in [0.3, 0.4) is 0 Å². The maximum atomic E-state index is 5.95. The van der Waals surface area contributed by atoms with E-state index in [9.17, 15) is 0 Å². The highest BCUT2D eigenvalue weighted by Crippen LogP contribution is 2.29. The average molecular weight is 261 g/mol. The standard InChI is InChI=1S/C11H17ClN2OS/c1-13-9(10-2-3-11(12)16-10)6-8-7-15-5-4-14-8/h2-3,8-9,13-14H,4-7H2,1H3. The summed E-state index contributed by atoms with van der Waals surface area (Å²) in [5.41, 5.74) is 0. The van der Waals surface area contributed by atoms with Crippen molar-refractivity contribution in [2.24, 2.45) is 0 Å². The van der Waals surface area contributed by atoms with Crippen LogP contribution in [0, 0.1) is 0 Å². The van der Waals surface area contributed by atoms with E-state index in [4.69, 9.17) is 16.3 Å². The van der Waals surface area contributed by atoms with Crippen molar-refractivity contribution < 1.29 is 4.74 Å². The Morgan fingerprint density at radius 3 is 3.12 bits per heavy atom. The molecule has 2 unspecified atom stereocenters. The lowest BCUT2D eigenvalue weighted by atomic mass is 10.1. The fourth-order valence-electron chi connectivity index (χ4n) is 1.95. The van der Waals surface area contributed by atoms with Crippen LogP contribution in [0.1, 0.15) is 17.3 Å². The van der Waals surface area contributed by atoms with Crippen LogP contribution in [0.4, 0.5) is 0 Å². The van der Waals surface area contributed by atoms with Crippen LogP contribution in [0.15, 0.2) is 12.1 Å². The molecule has 0 aromatic carbocycles. The zero-order valence-corrected chi connectivity index (χ0v) is 10.9. The number of halogens is 1. The van der Waals surface area contributed by atoms with E-state index in [1.165, 1.54) is 4.88 Å². The van der Waals surface area contributed by atoms with Crippen molar-refractivity contribution in [1.29, 1.82) is 0 Å². The Bertz CT molecular complexity index is 326. The van der Waals surface area contributed by atoms with Gasteiger partial charge in [0.25, 0.3) is 0 Å². The predicted molar refractivity (Wildman–Crippen MR) is 68.4 cm³/mol. The maximum absolute atomic E-state index is 5.95. The van der Waals surface area contributed by atoms with Crippen molar-refractivity contribution in [3.8, 4) is 0 Å². The molecule has 1 saturated heterocycles. The minimum atomic E-state index is 0.358. The van der Waals surface area contributed by atoms with Crippen molar-refractivity contribution in [2.75, 3.05) is 26.8 Å². The molecule has 1 aromatic heterocycles. The van der Waals surface area contributed by atoms with Crippen LogP contribution in [0.5, 0.6) is 0 Å². The second-order valence-electron chi connectivity index (χ2n) is 3.94. The van der Waals surface area contributed by atoms with Crippen molar-refractivity contribution in [2.45, 2.75) is 18.5 Å². The van der Waals surface area contributed by atoms with Crippen molar-refractivity contribution in [3.05, 3.63) is 21.3 Å². The molecular formula is C11H17ClN2OS. The Labute approximate surface area is 105 Å². The van der Waals surface area contributed by atoms with E-state index in [1.807, 2.05) is 13.1 Å². The summed E-state index contributed by atoms with van der Waals surface area (Å²) in [6.07, 6.45) is 1.04.